The molecule has 3 aromatic rings. The molecular formula is C17H15BrN4O3S. The van der Waals surface area contributed by atoms with Gasteiger partial charge in [-0.3, -0.25) is 18.7 Å². The summed E-state index contributed by atoms with van der Waals surface area (Å²) in [6.07, 6.45) is 1.43. The average Bonchev–Trinajstić information content (AvgIpc) is 2.64. The van der Waals surface area contributed by atoms with Crippen molar-refractivity contribution in [3.63, 3.8) is 0 Å². The van der Waals surface area contributed by atoms with Crippen molar-refractivity contribution >= 4 is 50.3 Å². The van der Waals surface area contributed by atoms with Gasteiger partial charge in [0, 0.05) is 23.5 Å². The van der Waals surface area contributed by atoms with Gasteiger partial charge in [0.2, 0.25) is 5.91 Å². The molecule has 26 heavy (non-hydrogen) atoms. The standard InChI is InChI=1S/C17H15BrN4O3S/c1-21-15-13(16(24)22(2)17(21)25)7-11(8-19-15)20-14(23)9-26-12-5-3-10(18)4-6-12/h3-8H,9H2,1-2H3,(H,20,23). The summed E-state index contributed by atoms with van der Waals surface area (Å²) >= 11 is 4.77. The Morgan fingerprint density at radius 3 is 2.58 bits per heavy atom. The first kappa shape index (κ1) is 18.4. The van der Waals surface area contributed by atoms with E-state index in [4.69, 9.17) is 0 Å². The van der Waals surface area contributed by atoms with Gasteiger partial charge in [0.1, 0.15) is 5.65 Å². The molecular weight excluding hydrogens is 420 g/mol. The van der Waals surface area contributed by atoms with Crippen LogP contribution in [-0.2, 0) is 18.9 Å². The monoisotopic (exact) mass is 434 g/mol. The van der Waals surface area contributed by atoms with Crippen molar-refractivity contribution in [2.45, 2.75) is 4.90 Å². The minimum absolute atomic E-state index is 0.208. The summed E-state index contributed by atoms with van der Waals surface area (Å²) in [4.78, 5) is 41.5. The van der Waals surface area contributed by atoms with Gasteiger partial charge in [-0.1, -0.05) is 15.9 Å². The van der Waals surface area contributed by atoms with E-state index in [1.807, 2.05) is 24.3 Å². The molecule has 0 aliphatic carbocycles. The molecule has 1 amide bonds. The van der Waals surface area contributed by atoms with Crippen molar-refractivity contribution in [2.24, 2.45) is 14.1 Å². The van der Waals surface area contributed by atoms with Gasteiger partial charge in [0.15, 0.2) is 0 Å². The van der Waals surface area contributed by atoms with Crippen molar-refractivity contribution < 1.29 is 4.79 Å². The number of aromatic nitrogens is 3. The number of hydrogen-bond donors (Lipinski definition) is 1. The van der Waals surface area contributed by atoms with Crippen LogP contribution in [0.25, 0.3) is 11.0 Å². The van der Waals surface area contributed by atoms with Gasteiger partial charge in [-0.2, -0.15) is 0 Å². The number of fused-ring (bicyclic) bond motifs is 1. The predicted octanol–water partition coefficient (Wildman–Crippen LogP) is 2.13. The third-order valence-corrected chi connectivity index (χ3v) is 5.30. The number of rotatable bonds is 4. The maximum absolute atomic E-state index is 12.3. The first-order valence-electron chi connectivity index (χ1n) is 7.61. The lowest BCUT2D eigenvalue weighted by atomic mass is 10.3. The summed E-state index contributed by atoms with van der Waals surface area (Å²) in [5.41, 5.74) is -0.205. The molecule has 0 radical (unpaired) electrons. The van der Waals surface area contributed by atoms with E-state index in [2.05, 4.69) is 26.2 Å². The van der Waals surface area contributed by atoms with Gasteiger partial charge in [0.25, 0.3) is 5.56 Å². The van der Waals surface area contributed by atoms with Crippen LogP contribution in [0.1, 0.15) is 0 Å². The zero-order valence-electron chi connectivity index (χ0n) is 14.0. The summed E-state index contributed by atoms with van der Waals surface area (Å²) in [7, 11) is 2.95. The zero-order chi connectivity index (χ0) is 18.8. The first-order chi connectivity index (χ1) is 12.4. The molecule has 1 aromatic carbocycles. The van der Waals surface area contributed by atoms with E-state index in [0.717, 1.165) is 13.9 Å². The molecule has 3 rings (SSSR count). The number of hydrogen-bond acceptors (Lipinski definition) is 5. The average molecular weight is 435 g/mol. The highest BCUT2D eigenvalue weighted by Crippen LogP contribution is 2.21. The summed E-state index contributed by atoms with van der Waals surface area (Å²) in [6.45, 7) is 0. The van der Waals surface area contributed by atoms with Gasteiger partial charge in [0.05, 0.1) is 23.0 Å². The molecule has 134 valence electrons. The first-order valence-corrected chi connectivity index (χ1v) is 9.38. The Labute approximate surface area is 161 Å². The Bertz CT molecular complexity index is 1110. The van der Waals surface area contributed by atoms with Crippen LogP contribution < -0.4 is 16.6 Å². The molecule has 9 heteroatoms. The molecule has 0 saturated heterocycles. The number of thioether (sulfide) groups is 1. The highest BCUT2D eigenvalue weighted by Gasteiger charge is 2.11. The number of aryl methyl sites for hydroxylation is 1. The van der Waals surface area contributed by atoms with Crippen molar-refractivity contribution in [3.8, 4) is 0 Å². The Kier molecular flexibility index (Phi) is 5.28. The number of anilines is 1. The van der Waals surface area contributed by atoms with E-state index < -0.39 is 11.2 Å². The molecule has 0 unspecified atom stereocenters. The number of amides is 1. The SMILES string of the molecule is Cn1c(=O)c2cc(NC(=O)CSc3ccc(Br)cc3)cnc2n(C)c1=O. The fourth-order valence-corrected chi connectivity index (χ4v) is 3.37. The lowest BCUT2D eigenvalue weighted by Crippen LogP contribution is -2.37. The van der Waals surface area contributed by atoms with E-state index in [0.29, 0.717) is 5.69 Å². The van der Waals surface area contributed by atoms with Crippen LogP contribution in [0.2, 0.25) is 0 Å². The largest absolute Gasteiger partial charge is 0.332 e. The number of pyridine rings is 1. The number of nitrogens with one attached hydrogen (secondary N) is 1. The van der Waals surface area contributed by atoms with E-state index in [1.165, 1.54) is 35.6 Å². The Hall–Kier alpha value is -2.39. The van der Waals surface area contributed by atoms with Crippen LogP contribution in [0.5, 0.6) is 0 Å². The third-order valence-electron chi connectivity index (χ3n) is 3.76. The smallest absolute Gasteiger partial charge is 0.324 e. The molecule has 7 nitrogen and oxygen atoms in total. The van der Waals surface area contributed by atoms with Crippen molar-refractivity contribution in [1.82, 2.24) is 14.1 Å². The fraction of sp³-hybridized carbons (Fsp3) is 0.176. The van der Waals surface area contributed by atoms with Crippen molar-refractivity contribution in [3.05, 3.63) is 61.8 Å². The topological polar surface area (TPSA) is 86.0 Å². The Balaban J connectivity index is 1.78. The van der Waals surface area contributed by atoms with Crippen LogP contribution in [0.4, 0.5) is 5.69 Å². The third kappa shape index (κ3) is 3.73. The second-order valence-corrected chi connectivity index (χ2v) is 7.56. The number of carbonyl (C=O) groups excluding carboxylic acids is 1. The molecule has 2 heterocycles. The number of benzene rings is 1. The predicted molar refractivity (Wildman–Crippen MR) is 106 cm³/mol. The normalized spacial score (nSPS) is 10.9. The molecule has 0 atom stereocenters. The van der Waals surface area contributed by atoms with Crippen molar-refractivity contribution in [1.29, 1.82) is 0 Å². The van der Waals surface area contributed by atoms with E-state index in [9.17, 15) is 14.4 Å². The van der Waals surface area contributed by atoms with Crippen LogP contribution in [0.15, 0.2) is 55.5 Å². The van der Waals surface area contributed by atoms with E-state index >= 15 is 0 Å². The highest BCUT2D eigenvalue weighted by atomic mass is 79.9. The molecule has 2 aromatic heterocycles. The fourth-order valence-electron chi connectivity index (χ4n) is 2.41. The summed E-state index contributed by atoms with van der Waals surface area (Å²) in [6, 6.07) is 9.20. The van der Waals surface area contributed by atoms with E-state index in [1.54, 1.807) is 7.05 Å². The van der Waals surface area contributed by atoms with Crippen LogP contribution >= 0.6 is 27.7 Å². The minimum Gasteiger partial charge on any atom is -0.324 e. The van der Waals surface area contributed by atoms with Crippen LogP contribution in [0.3, 0.4) is 0 Å². The lowest BCUT2D eigenvalue weighted by Gasteiger charge is -2.09. The second kappa shape index (κ2) is 7.46. The Morgan fingerprint density at radius 2 is 1.88 bits per heavy atom. The molecule has 0 aliphatic heterocycles. The second-order valence-electron chi connectivity index (χ2n) is 5.59. The number of halogens is 1. The molecule has 1 N–H and O–H groups in total. The molecule has 0 fully saturated rings. The molecule has 0 saturated carbocycles. The molecule has 0 bridgehead atoms. The number of nitrogens with zero attached hydrogens (tertiary/aromatic N) is 3. The minimum atomic E-state index is -0.448. The van der Waals surface area contributed by atoms with Crippen LogP contribution in [0, 0.1) is 0 Å². The summed E-state index contributed by atoms with van der Waals surface area (Å²) < 4.78 is 3.29. The van der Waals surface area contributed by atoms with E-state index in [-0.39, 0.29) is 22.7 Å². The number of carbonyl (C=O) groups is 1. The van der Waals surface area contributed by atoms with Crippen LogP contribution in [-0.4, -0.2) is 25.8 Å². The highest BCUT2D eigenvalue weighted by molar-refractivity contribution is 9.10. The van der Waals surface area contributed by atoms with Crippen molar-refractivity contribution in [2.75, 3.05) is 11.1 Å². The van der Waals surface area contributed by atoms with Gasteiger partial charge in [-0.05, 0) is 30.3 Å². The maximum atomic E-state index is 12.3. The van der Waals surface area contributed by atoms with Gasteiger partial charge in [-0.25, -0.2) is 9.78 Å². The van der Waals surface area contributed by atoms with Gasteiger partial charge in [-0.15, -0.1) is 11.8 Å². The summed E-state index contributed by atoms with van der Waals surface area (Å²) in [5.74, 6) is 0.0195. The lowest BCUT2D eigenvalue weighted by molar-refractivity contribution is -0.113. The van der Waals surface area contributed by atoms with Gasteiger partial charge >= 0.3 is 5.69 Å². The quantitative estimate of drug-likeness (QED) is 0.635. The molecule has 0 aliphatic rings. The summed E-state index contributed by atoms with van der Waals surface area (Å²) in [5, 5.41) is 3.00. The van der Waals surface area contributed by atoms with Gasteiger partial charge < -0.3 is 5.32 Å². The zero-order valence-corrected chi connectivity index (χ0v) is 16.4. The maximum Gasteiger partial charge on any atom is 0.332 e. The Morgan fingerprint density at radius 1 is 1.19 bits per heavy atom. The molecule has 0 spiro atoms.